The van der Waals surface area contributed by atoms with Crippen molar-refractivity contribution in [2.75, 3.05) is 11.1 Å². The number of nitrogens with two attached hydrogens (primary N) is 1. The fraction of sp³-hybridized carbons (Fsp3) is 0.353. The third kappa shape index (κ3) is 3.53. The third-order valence-corrected chi connectivity index (χ3v) is 4.91. The number of nitrogens with one attached hydrogen (secondary N) is 1. The zero-order valence-electron chi connectivity index (χ0n) is 14.2. The van der Waals surface area contributed by atoms with Crippen molar-refractivity contribution >= 4 is 28.5 Å². The molecule has 1 atom stereocenters. The number of oxazole rings is 1. The summed E-state index contributed by atoms with van der Waals surface area (Å²) in [6, 6.07) is 4.43. The highest BCUT2D eigenvalue weighted by Gasteiger charge is 2.32. The molecule has 0 aliphatic carbocycles. The quantitative estimate of drug-likeness (QED) is 0.873. The van der Waals surface area contributed by atoms with E-state index in [4.69, 9.17) is 10.2 Å². The van der Waals surface area contributed by atoms with Crippen molar-refractivity contribution in [3.05, 3.63) is 46.9 Å². The van der Waals surface area contributed by atoms with Crippen LogP contribution in [0.1, 0.15) is 41.0 Å². The summed E-state index contributed by atoms with van der Waals surface area (Å²) in [5.41, 5.74) is 6.15. The molecule has 2 aromatic rings. The summed E-state index contributed by atoms with van der Waals surface area (Å²) >= 11 is 1.45. The van der Waals surface area contributed by atoms with Crippen molar-refractivity contribution in [2.45, 2.75) is 32.7 Å². The molecule has 0 saturated carbocycles. The van der Waals surface area contributed by atoms with Crippen LogP contribution < -0.4 is 11.1 Å². The number of anilines is 1. The van der Waals surface area contributed by atoms with Crippen LogP contribution in [0.2, 0.25) is 0 Å². The van der Waals surface area contributed by atoms with Gasteiger partial charge in [0.05, 0.1) is 5.54 Å². The molecule has 0 bridgehead atoms. The number of aryl methyl sites for hydroxylation is 2. The molecule has 0 fully saturated rings. The van der Waals surface area contributed by atoms with Gasteiger partial charge in [0.2, 0.25) is 0 Å². The molecule has 0 radical (unpaired) electrons. The molecular weight excluding hydrogens is 343 g/mol. The van der Waals surface area contributed by atoms with Crippen LogP contribution in [0.3, 0.4) is 0 Å². The lowest BCUT2D eigenvalue weighted by molar-refractivity contribution is 0.102. The monoisotopic (exact) mass is 362 g/mol. The molecule has 1 aromatic carbocycles. The maximum atomic E-state index is 14.4. The highest BCUT2D eigenvalue weighted by Crippen LogP contribution is 2.37. The molecule has 2 heterocycles. The molecule has 0 spiro atoms. The molecule has 6 nitrogen and oxygen atoms in total. The van der Waals surface area contributed by atoms with E-state index in [1.165, 1.54) is 23.9 Å². The van der Waals surface area contributed by atoms with E-state index in [1.807, 2.05) is 6.92 Å². The first-order valence-electron chi connectivity index (χ1n) is 7.82. The Kier molecular flexibility index (Phi) is 4.55. The van der Waals surface area contributed by atoms with Crippen molar-refractivity contribution in [3.63, 3.8) is 0 Å². The van der Waals surface area contributed by atoms with Gasteiger partial charge in [0.15, 0.2) is 16.8 Å². The summed E-state index contributed by atoms with van der Waals surface area (Å²) in [4.78, 5) is 20.9. The highest BCUT2D eigenvalue weighted by atomic mass is 32.2. The zero-order chi connectivity index (χ0) is 18.2. The van der Waals surface area contributed by atoms with E-state index in [0.717, 1.165) is 5.75 Å². The summed E-state index contributed by atoms with van der Waals surface area (Å²) in [7, 11) is 0. The summed E-state index contributed by atoms with van der Waals surface area (Å²) in [5, 5.41) is 3.18. The molecule has 1 amide bonds. The number of amidine groups is 1. The van der Waals surface area contributed by atoms with E-state index >= 15 is 0 Å². The zero-order valence-corrected chi connectivity index (χ0v) is 15.0. The van der Waals surface area contributed by atoms with E-state index in [9.17, 15) is 9.18 Å². The van der Waals surface area contributed by atoms with Crippen LogP contribution >= 0.6 is 11.8 Å². The Labute approximate surface area is 149 Å². The fourth-order valence-corrected chi connectivity index (χ4v) is 3.80. The molecule has 0 saturated heterocycles. The number of halogens is 1. The van der Waals surface area contributed by atoms with Gasteiger partial charge in [-0.25, -0.2) is 9.37 Å². The Bertz CT molecular complexity index is 864. The number of thioether (sulfide) groups is 1. The van der Waals surface area contributed by atoms with Crippen LogP contribution in [0.5, 0.6) is 0 Å². The lowest BCUT2D eigenvalue weighted by atomic mass is 9.89. The second kappa shape index (κ2) is 6.51. The Morgan fingerprint density at radius 3 is 2.84 bits per heavy atom. The van der Waals surface area contributed by atoms with E-state index < -0.39 is 11.4 Å². The molecule has 1 aromatic heterocycles. The van der Waals surface area contributed by atoms with Crippen LogP contribution in [-0.4, -0.2) is 21.8 Å². The fourth-order valence-electron chi connectivity index (χ4n) is 2.83. The molecule has 3 N–H and O–H groups in total. The lowest BCUT2D eigenvalue weighted by Gasteiger charge is -2.30. The number of aromatic nitrogens is 1. The number of hydrogen-bond donors (Lipinski definition) is 2. The van der Waals surface area contributed by atoms with Gasteiger partial charge in [-0.15, -0.1) is 0 Å². The number of amides is 1. The van der Waals surface area contributed by atoms with Gasteiger partial charge in [-0.2, -0.15) is 0 Å². The lowest BCUT2D eigenvalue weighted by Crippen LogP contribution is -2.29. The van der Waals surface area contributed by atoms with Crippen molar-refractivity contribution < 1.29 is 13.6 Å². The number of rotatable bonds is 3. The Balaban J connectivity index is 1.91. The number of benzene rings is 1. The number of aliphatic imine (C=N–C) groups is 1. The molecular formula is C17H19FN4O2S. The smallest absolute Gasteiger partial charge is 0.277 e. The van der Waals surface area contributed by atoms with E-state index in [2.05, 4.69) is 15.3 Å². The number of carbonyl (C=O) groups is 1. The predicted octanol–water partition coefficient (Wildman–Crippen LogP) is 3.35. The van der Waals surface area contributed by atoms with Crippen LogP contribution in [-0.2, 0) is 5.54 Å². The SMILES string of the molecule is Cc1nc(C(=O)Nc2ccc(F)c(C3(C)CCSC(N)=N3)c2)c(C)o1. The summed E-state index contributed by atoms with van der Waals surface area (Å²) in [5.74, 6) is 0.835. The Morgan fingerprint density at radius 1 is 1.44 bits per heavy atom. The van der Waals surface area contributed by atoms with Gasteiger partial charge in [-0.05, 0) is 38.5 Å². The maximum Gasteiger partial charge on any atom is 0.277 e. The first-order chi connectivity index (χ1) is 11.8. The third-order valence-electron chi connectivity index (χ3n) is 4.12. The highest BCUT2D eigenvalue weighted by molar-refractivity contribution is 8.13. The minimum Gasteiger partial charge on any atom is -0.445 e. The standard InChI is InChI=1S/C17H19FN4O2S/c1-9-14(20-10(2)24-9)15(23)21-11-4-5-13(18)12(8-11)17(3)6-7-25-16(19)22-17/h4-5,8H,6-7H2,1-3H3,(H2,19,22)(H,21,23). The van der Waals surface area contributed by atoms with Crippen LogP contribution in [0.25, 0.3) is 0 Å². The molecule has 25 heavy (non-hydrogen) atoms. The van der Waals surface area contributed by atoms with Crippen molar-refractivity contribution in [1.82, 2.24) is 4.98 Å². The van der Waals surface area contributed by atoms with Gasteiger partial charge in [-0.1, -0.05) is 11.8 Å². The Hall–Kier alpha value is -2.35. The predicted molar refractivity (Wildman–Crippen MR) is 96.4 cm³/mol. The minimum atomic E-state index is -0.749. The number of nitrogens with zero attached hydrogens (tertiary/aromatic N) is 2. The van der Waals surface area contributed by atoms with Gasteiger partial charge in [0, 0.05) is 23.9 Å². The van der Waals surface area contributed by atoms with E-state index in [1.54, 1.807) is 19.9 Å². The first kappa shape index (κ1) is 17.5. The second-order valence-corrected chi connectivity index (χ2v) is 7.22. The molecule has 132 valence electrons. The normalized spacial score (nSPS) is 20.2. The van der Waals surface area contributed by atoms with Crippen molar-refractivity contribution in [1.29, 1.82) is 0 Å². The van der Waals surface area contributed by atoms with Gasteiger partial charge in [-0.3, -0.25) is 9.79 Å². The van der Waals surface area contributed by atoms with Crippen LogP contribution in [0.15, 0.2) is 27.6 Å². The molecule has 1 aliphatic heterocycles. The summed E-state index contributed by atoms with van der Waals surface area (Å²) in [6.07, 6.45) is 0.661. The van der Waals surface area contributed by atoms with Gasteiger partial charge < -0.3 is 15.5 Å². The first-order valence-corrected chi connectivity index (χ1v) is 8.80. The van der Waals surface area contributed by atoms with E-state index in [0.29, 0.717) is 34.5 Å². The molecule has 1 unspecified atom stereocenters. The topological polar surface area (TPSA) is 93.5 Å². The average molecular weight is 362 g/mol. The van der Waals surface area contributed by atoms with Crippen LogP contribution in [0, 0.1) is 19.7 Å². The van der Waals surface area contributed by atoms with Gasteiger partial charge >= 0.3 is 0 Å². The van der Waals surface area contributed by atoms with Gasteiger partial charge in [0.25, 0.3) is 5.91 Å². The summed E-state index contributed by atoms with van der Waals surface area (Å²) < 4.78 is 19.7. The number of carbonyl (C=O) groups excluding carboxylic acids is 1. The molecule has 3 rings (SSSR count). The van der Waals surface area contributed by atoms with E-state index in [-0.39, 0.29) is 11.5 Å². The van der Waals surface area contributed by atoms with Crippen LogP contribution in [0.4, 0.5) is 10.1 Å². The molecule has 1 aliphatic rings. The number of hydrogen-bond acceptors (Lipinski definition) is 6. The second-order valence-electron chi connectivity index (χ2n) is 6.11. The van der Waals surface area contributed by atoms with Crippen molar-refractivity contribution in [2.24, 2.45) is 10.7 Å². The minimum absolute atomic E-state index is 0.214. The van der Waals surface area contributed by atoms with Crippen molar-refractivity contribution in [3.8, 4) is 0 Å². The summed E-state index contributed by atoms with van der Waals surface area (Å²) in [6.45, 7) is 5.18. The largest absolute Gasteiger partial charge is 0.445 e. The molecule has 8 heteroatoms. The maximum absolute atomic E-state index is 14.4. The van der Waals surface area contributed by atoms with Gasteiger partial charge in [0.1, 0.15) is 11.6 Å². The average Bonchev–Trinajstić information content (AvgIpc) is 2.87. The Morgan fingerprint density at radius 2 is 2.20 bits per heavy atom.